The van der Waals surface area contributed by atoms with Gasteiger partial charge in [-0.25, -0.2) is 4.79 Å². The SMILES string of the molecule is CC=C(C)C=C(C(=C(C)C)N(C)N=CC(=O)OCC)C(C)CC. The Labute approximate surface area is 141 Å². The summed E-state index contributed by atoms with van der Waals surface area (Å²) in [6.07, 6.45) is 6.55. The van der Waals surface area contributed by atoms with Crippen molar-refractivity contribution in [1.82, 2.24) is 5.01 Å². The molecule has 0 aromatic rings. The van der Waals surface area contributed by atoms with Crippen LogP contribution >= 0.6 is 0 Å². The normalized spacial score (nSPS) is 13.9. The van der Waals surface area contributed by atoms with Crippen LogP contribution in [0.3, 0.4) is 0 Å². The lowest BCUT2D eigenvalue weighted by Gasteiger charge is -2.25. The van der Waals surface area contributed by atoms with E-state index in [1.165, 1.54) is 17.4 Å². The predicted octanol–water partition coefficient (Wildman–Crippen LogP) is 4.70. The second kappa shape index (κ2) is 10.8. The van der Waals surface area contributed by atoms with E-state index >= 15 is 0 Å². The molecule has 130 valence electrons. The van der Waals surface area contributed by atoms with Gasteiger partial charge in [-0.3, -0.25) is 5.01 Å². The Morgan fingerprint density at radius 1 is 1.26 bits per heavy atom. The van der Waals surface area contributed by atoms with Crippen molar-refractivity contribution in [3.05, 3.63) is 34.6 Å². The van der Waals surface area contributed by atoms with Crippen LogP contribution in [-0.2, 0) is 9.53 Å². The summed E-state index contributed by atoms with van der Waals surface area (Å²) in [4.78, 5) is 11.5. The maximum Gasteiger partial charge on any atom is 0.351 e. The first kappa shape index (κ1) is 21.2. The molecule has 0 heterocycles. The number of hydrazone groups is 1. The number of hydrogen-bond acceptors (Lipinski definition) is 4. The van der Waals surface area contributed by atoms with Crippen LogP contribution in [0.4, 0.5) is 0 Å². The second-order valence-electron chi connectivity index (χ2n) is 5.81. The summed E-state index contributed by atoms with van der Waals surface area (Å²) in [5, 5.41) is 6.01. The Bertz CT molecular complexity index is 509. The number of esters is 1. The molecule has 0 rings (SSSR count). The number of likely N-dealkylation sites (N-methyl/N-ethyl adjacent to an activating group) is 1. The predicted molar refractivity (Wildman–Crippen MR) is 98.2 cm³/mol. The molecule has 0 saturated carbocycles. The van der Waals surface area contributed by atoms with E-state index in [1.807, 2.05) is 14.0 Å². The summed E-state index contributed by atoms with van der Waals surface area (Å²) < 4.78 is 4.89. The van der Waals surface area contributed by atoms with Gasteiger partial charge in [0.15, 0.2) is 0 Å². The fourth-order valence-corrected chi connectivity index (χ4v) is 2.16. The van der Waals surface area contributed by atoms with E-state index < -0.39 is 5.97 Å². The highest BCUT2D eigenvalue weighted by Crippen LogP contribution is 2.28. The highest BCUT2D eigenvalue weighted by Gasteiger charge is 2.17. The molecule has 1 unspecified atom stereocenters. The van der Waals surface area contributed by atoms with Gasteiger partial charge >= 0.3 is 5.97 Å². The molecule has 23 heavy (non-hydrogen) atoms. The standard InChI is InChI=1S/C19H32N2O2/c1-9-15(6)12-17(16(7)10-2)19(14(4)5)21(8)20-13-18(22)23-11-3/h9,12-13,16H,10-11H2,1-8H3. The molecule has 0 fully saturated rings. The van der Waals surface area contributed by atoms with Crippen molar-refractivity contribution in [2.45, 2.75) is 54.9 Å². The van der Waals surface area contributed by atoms with Crippen LogP contribution in [0.2, 0.25) is 0 Å². The molecule has 0 bridgehead atoms. The summed E-state index contributed by atoms with van der Waals surface area (Å²) in [5.74, 6) is -0.0267. The molecule has 0 aliphatic carbocycles. The van der Waals surface area contributed by atoms with E-state index in [0.717, 1.165) is 17.7 Å². The molecular weight excluding hydrogens is 288 g/mol. The highest BCUT2D eigenvalue weighted by molar-refractivity contribution is 6.23. The molecule has 0 N–H and O–H groups in total. The van der Waals surface area contributed by atoms with Gasteiger partial charge in [-0.05, 0) is 52.5 Å². The van der Waals surface area contributed by atoms with Gasteiger partial charge in [0, 0.05) is 7.05 Å². The van der Waals surface area contributed by atoms with Gasteiger partial charge in [0.25, 0.3) is 0 Å². The fraction of sp³-hybridized carbons (Fsp3) is 0.579. The van der Waals surface area contributed by atoms with E-state index in [1.54, 1.807) is 11.9 Å². The number of allylic oxidation sites excluding steroid dienone is 5. The lowest BCUT2D eigenvalue weighted by Crippen LogP contribution is -2.19. The third-order valence-electron chi connectivity index (χ3n) is 3.68. The van der Waals surface area contributed by atoms with Gasteiger partial charge < -0.3 is 4.74 Å². The molecule has 0 spiro atoms. The van der Waals surface area contributed by atoms with Gasteiger partial charge in [-0.15, -0.1) is 0 Å². The summed E-state index contributed by atoms with van der Waals surface area (Å²) >= 11 is 0. The maximum absolute atomic E-state index is 11.5. The lowest BCUT2D eigenvalue weighted by molar-refractivity contribution is -0.134. The molecular formula is C19H32N2O2. The largest absolute Gasteiger partial charge is 0.462 e. The van der Waals surface area contributed by atoms with Crippen LogP contribution in [0, 0.1) is 5.92 Å². The lowest BCUT2D eigenvalue weighted by atomic mass is 9.91. The van der Waals surface area contributed by atoms with Gasteiger partial charge in [0.05, 0.1) is 12.3 Å². The number of carbonyl (C=O) groups excluding carboxylic acids is 1. The highest BCUT2D eigenvalue weighted by atomic mass is 16.5. The average Bonchev–Trinajstić information content (AvgIpc) is 2.51. The van der Waals surface area contributed by atoms with Crippen molar-refractivity contribution in [3.63, 3.8) is 0 Å². The summed E-state index contributed by atoms with van der Waals surface area (Å²) in [7, 11) is 1.86. The van der Waals surface area contributed by atoms with Crippen molar-refractivity contribution in [1.29, 1.82) is 0 Å². The minimum atomic E-state index is -0.425. The molecule has 0 aliphatic heterocycles. The van der Waals surface area contributed by atoms with Crippen molar-refractivity contribution in [3.8, 4) is 0 Å². The molecule has 1 atom stereocenters. The second-order valence-corrected chi connectivity index (χ2v) is 5.81. The smallest absolute Gasteiger partial charge is 0.351 e. The molecule has 0 amide bonds. The van der Waals surface area contributed by atoms with Gasteiger partial charge in [0.1, 0.15) is 6.21 Å². The van der Waals surface area contributed by atoms with Crippen LogP contribution in [0.25, 0.3) is 0 Å². The summed E-state index contributed by atoms with van der Waals surface area (Å²) in [6, 6.07) is 0. The average molecular weight is 320 g/mol. The summed E-state index contributed by atoms with van der Waals surface area (Å²) in [6.45, 7) is 14.8. The first-order valence-corrected chi connectivity index (χ1v) is 8.25. The molecule has 0 saturated heterocycles. The van der Waals surface area contributed by atoms with Gasteiger partial charge in [0.2, 0.25) is 0 Å². The van der Waals surface area contributed by atoms with E-state index in [4.69, 9.17) is 4.74 Å². The van der Waals surface area contributed by atoms with Crippen LogP contribution in [0.5, 0.6) is 0 Å². The van der Waals surface area contributed by atoms with E-state index in [0.29, 0.717) is 12.5 Å². The zero-order valence-corrected chi connectivity index (χ0v) is 15.9. The Hall–Kier alpha value is -1.84. The Kier molecular flexibility index (Phi) is 9.95. The van der Waals surface area contributed by atoms with Crippen molar-refractivity contribution in [2.24, 2.45) is 11.0 Å². The Morgan fingerprint density at radius 2 is 1.87 bits per heavy atom. The molecule has 4 heteroatoms. The molecule has 4 nitrogen and oxygen atoms in total. The Morgan fingerprint density at radius 3 is 2.30 bits per heavy atom. The van der Waals surface area contributed by atoms with Gasteiger partial charge in [-0.2, -0.15) is 5.10 Å². The number of rotatable bonds is 8. The van der Waals surface area contributed by atoms with Crippen LogP contribution in [0.1, 0.15) is 54.9 Å². The quantitative estimate of drug-likeness (QED) is 0.282. The summed E-state index contributed by atoms with van der Waals surface area (Å²) in [5.41, 5.74) is 4.64. The van der Waals surface area contributed by atoms with E-state index in [2.05, 4.69) is 51.9 Å². The van der Waals surface area contributed by atoms with E-state index in [-0.39, 0.29) is 0 Å². The fourth-order valence-electron chi connectivity index (χ4n) is 2.16. The first-order chi connectivity index (χ1) is 10.8. The topological polar surface area (TPSA) is 41.9 Å². The zero-order valence-electron chi connectivity index (χ0n) is 15.9. The minimum Gasteiger partial charge on any atom is -0.462 e. The number of hydrogen-bond donors (Lipinski definition) is 0. The van der Waals surface area contributed by atoms with Crippen LogP contribution < -0.4 is 0 Å². The Balaban J connectivity index is 5.71. The molecule has 0 aromatic heterocycles. The monoisotopic (exact) mass is 320 g/mol. The van der Waals surface area contributed by atoms with Crippen LogP contribution in [-0.4, -0.2) is 30.8 Å². The number of carbonyl (C=O) groups is 1. The van der Waals surface area contributed by atoms with Crippen LogP contribution in [0.15, 0.2) is 39.7 Å². The maximum atomic E-state index is 11.5. The van der Waals surface area contributed by atoms with Gasteiger partial charge in [-0.1, -0.05) is 37.1 Å². The van der Waals surface area contributed by atoms with E-state index in [9.17, 15) is 4.79 Å². The first-order valence-electron chi connectivity index (χ1n) is 8.25. The zero-order chi connectivity index (χ0) is 18.0. The van der Waals surface area contributed by atoms with Crippen molar-refractivity contribution >= 4 is 12.2 Å². The molecule has 0 aromatic carbocycles. The van der Waals surface area contributed by atoms with Crippen molar-refractivity contribution < 1.29 is 9.53 Å². The number of nitrogens with zero attached hydrogens (tertiary/aromatic N) is 2. The minimum absolute atomic E-state index is 0.350. The molecule has 0 aliphatic rings. The third kappa shape index (κ3) is 7.31. The third-order valence-corrected chi connectivity index (χ3v) is 3.68. The van der Waals surface area contributed by atoms with Crippen molar-refractivity contribution in [2.75, 3.05) is 13.7 Å². The number of ether oxygens (including phenoxy) is 1. The molecule has 0 radical (unpaired) electrons.